The first-order valence-corrected chi connectivity index (χ1v) is 6.32. The zero-order valence-corrected chi connectivity index (χ0v) is 11.3. The van der Waals surface area contributed by atoms with Gasteiger partial charge in [0.15, 0.2) is 0 Å². The highest BCUT2D eigenvalue weighted by Gasteiger charge is 2.13. The lowest BCUT2D eigenvalue weighted by Crippen LogP contribution is -2.20. The molecule has 2 rings (SSSR count). The number of anilines is 1. The topological polar surface area (TPSA) is 80.0 Å². The number of halogens is 2. The Morgan fingerprint density at radius 3 is 2.95 bits per heavy atom. The molecule has 1 amide bonds. The molecule has 112 valence electrons. The Morgan fingerprint density at radius 2 is 2.24 bits per heavy atom. The number of nitrogens with one attached hydrogen (secondary N) is 1. The van der Waals surface area contributed by atoms with Gasteiger partial charge >= 0.3 is 0 Å². The van der Waals surface area contributed by atoms with Gasteiger partial charge in [-0.2, -0.15) is 0 Å². The SMILES string of the molecule is CCC(O)c1cn(CC(=O)Nc2cc(F)ccc2F)nn1. The number of carbonyl (C=O) groups excluding carboxylic acids is 1. The van der Waals surface area contributed by atoms with E-state index in [1.165, 1.54) is 10.9 Å². The number of amides is 1. The first-order chi connectivity index (χ1) is 9.99. The van der Waals surface area contributed by atoms with Crippen LogP contribution in [0, 0.1) is 11.6 Å². The monoisotopic (exact) mass is 296 g/mol. The van der Waals surface area contributed by atoms with Gasteiger partial charge in [0.1, 0.15) is 23.9 Å². The lowest BCUT2D eigenvalue weighted by Gasteiger charge is -2.06. The van der Waals surface area contributed by atoms with Crippen molar-refractivity contribution in [3.63, 3.8) is 0 Å². The smallest absolute Gasteiger partial charge is 0.246 e. The number of rotatable bonds is 5. The maximum absolute atomic E-state index is 13.4. The van der Waals surface area contributed by atoms with Crippen LogP contribution in [0.25, 0.3) is 0 Å². The van der Waals surface area contributed by atoms with Crippen LogP contribution in [-0.2, 0) is 11.3 Å². The molecule has 2 N–H and O–H groups in total. The molecule has 0 fully saturated rings. The Morgan fingerprint density at radius 1 is 1.48 bits per heavy atom. The van der Waals surface area contributed by atoms with E-state index in [9.17, 15) is 18.7 Å². The molecule has 0 saturated carbocycles. The lowest BCUT2D eigenvalue weighted by atomic mass is 10.2. The summed E-state index contributed by atoms with van der Waals surface area (Å²) < 4.78 is 27.6. The summed E-state index contributed by atoms with van der Waals surface area (Å²) in [4.78, 5) is 11.7. The van der Waals surface area contributed by atoms with Crippen LogP contribution in [0.3, 0.4) is 0 Å². The number of nitrogens with zero attached hydrogens (tertiary/aromatic N) is 3. The second kappa shape index (κ2) is 6.40. The molecule has 0 aliphatic rings. The molecule has 6 nitrogen and oxygen atoms in total. The summed E-state index contributed by atoms with van der Waals surface area (Å²) in [5.41, 5.74) is 0.108. The van der Waals surface area contributed by atoms with Gasteiger partial charge in [0.25, 0.3) is 0 Å². The number of aliphatic hydroxyl groups excluding tert-OH is 1. The Labute approximate surface area is 119 Å². The first kappa shape index (κ1) is 15.0. The van der Waals surface area contributed by atoms with Crippen LogP contribution in [0.2, 0.25) is 0 Å². The zero-order chi connectivity index (χ0) is 15.4. The van der Waals surface area contributed by atoms with Crippen LogP contribution in [0.5, 0.6) is 0 Å². The van der Waals surface area contributed by atoms with E-state index < -0.39 is 23.6 Å². The maximum atomic E-state index is 13.4. The van der Waals surface area contributed by atoms with Gasteiger partial charge in [-0.1, -0.05) is 12.1 Å². The molecule has 1 heterocycles. The Balaban J connectivity index is 2.01. The maximum Gasteiger partial charge on any atom is 0.246 e. The average Bonchev–Trinajstić information content (AvgIpc) is 2.90. The Kier molecular flexibility index (Phi) is 4.59. The molecule has 0 aliphatic carbocycles. The van der Waals surface area contributed by atoms with Gasteiger partial charge in [-0.3, -0.25) is 4.79 Å². The normalized spacial score (nSPS) is 12.2. The second-order valence-corrected chi connectivity index (χ2v) is 4.44. The van der Waals surface area contributed by atoms with Crippen LogP contribution in [0.4, 0.5) is 14.5 Å². The van der Waals surface area contributed by atoms with Gasteiger partial charge < -0.3 is 10.4 Å². The van der Waals surface area contributed by atoms with Crippen LogP contribution in [0.1, 0.15) is 25.1 Å². The Hall–Kier alpha value is -2.35. The van der Waals surface area contributed by atoms with E-state index in [0.29, 0.717) is 12.1 Å². The summed E-state index contributed by atoms with van der Waals surface area (Å²) in [7, 11) is 0. The molecule has 0 bridgehead atoms. The quantitative estimate of drug-likeness (QED) is 0.879. The second-order valence-electron chi connectivity index (χ2n) is 4.44. The molecule has 2 aromatic rings. The first-order valence-electron chi connectivity index (χ1n) is 6.32. The summed E-state index contributed by atoms with van der Waals surface area (Å²) in [5.74, 6) is -1.96. The summed E-state index contributed by atoms with van der Waals surface area (Å²) in [6.07, 6.45) is 1.15. The van der Waals surface area contributed by atoms with Gasteiger partial charge in [0.05, 0.1) is 18.0 Å². The van der Waals surface area contributed by atoms with Crippen molar-refractivity contribution < 1.29 is 18.7 Å². The molecule has 1 aromatic carbocycles. The number of carbonyl (C=O) groups is 1. The van der Waals surface area contributed by atoms with Crippen molar-refractivity contribution in [2.45, 2.75) is 26.0 Å². The van der Waals surface area contributed by atoms with Crippen LogP contribution < -0.4 is 5.32 Å². The van der Waals surface area contributed by atoms with Crippen LogP contribution in [0.15, 0.2) is 24.4 Å². The standard InChI is InChI=1S/C13H14F2N4O2/c1-2-12(20)11-6-19(18-17-11)7-13(21)16-10-5-8(14)3-4-9(10)15/h3-6,12,20H,2,7H2,1H3,(H,16,21). The summed E-state index contributed by atoms with van der Waals surface area (Å²) >= 11 is 0. The van der Waals surface area contributed by atoms with Crippen LogP contribution >= 0.6 is 0 Å². The molecule has 1 unspecified atom stereocenters. The predicted molar refractivity (Wildman–Crippen MR) is 70.3 cm³/mol. The number of aromatic nitrogens is 3. The van der Waals surface area contributed by atoms with E-state index in [1.807, 2.05) is 0 Å². The number of hydrogen-bond donors (Lipinski definition) is 2. The van der Waals surface area contributed by atoms with Crippen molar-refractivity contribution >= 4 is 11.6 Å². The van der Waals surface area contributed by atoms with Crippen molar-refractivity contribution in [2.75, 3.05) is 5.32 Å². The summed E-state index contributed by atoms with van der Waals surface area (Å²) in [6.45, 7) is 1.56. The minimum atomic E-state index is -0.748. The van der Waals surface area contributed by atoms with Crippen molar-refractivity contribution in [3.8, 4) is 0 Å². The lowest BCUT2D eigenvalue weighted by molar-refractivity contribution is -0.117. The molecule has 0 radical (unpaired) electrons. The third kappa shape index (κ3) is 3.82. The zero-order valence-electron chi connectivity index (χ0n) is 11.3. The summed E-state index contributed by atoms with van der Waals surface area (Å²) in [5, 5.41) is 19.2. The third-order valence-electron chi connectivity index (χ3n) is 2.79. The molecular weight excluding hydrogens is 282 g/mol. The minimum Gasteiger partial charge on any atom is -0.387 e. The van der Waals surface area contributed by atoms with Crippen molar-refractivity contribution in [1.82, 2.24) is 15.0 Å². The van der Waals surface area contributed by atoms with E-state index in [-0.39, 0.29) is 12.2 Å². The van der Waals surface area contributed by atoms with Gasteiger partial charge in [-0.25, -0.2) is 13.5 Å². The fourth-order valence-corrected chi connectivity index (χ4v) is 1.68. The fraction of sp³-hybridized carbons (Fsp3) is 0.308. The number of hydrogen-bond acceptors (Lipinski definition) is 4. The molecule has 0 saturated heterocycles. The average molecular weight is 296 g/mol. The highest BCUT2D eigenvalue weighted by molar-refractivity contribution is 5.90. The van der Waals surface area contributed by atoms with E-state index in [2.05, 4.69) is 15.6 Å². The van der Waals surface area contributed by atoms with E-state index in [1.54, 1.807) is 6.92 Å². The van der Waals surface area contributed by atoms with E-state index >= 15 is 0 Å². The number of aliphatic hydroxyl groups is 1. The van der Waals surface area contributed by atoms with E-state index in [0.717, 1.165) is 18.2 Å². The van der Waals surface area contributed by atoms with Crippen molar-refractivity contribution in [3.05, 3.63) is 41.7 Å². The molecule has 21 heavy (non-hydrogen) atoms. The largest absolute Gasteiger partial charge is 0.387 e. The predicted octanol–water partition coefficient (Wildman–Crippen LogP) is 1.64. The molecule has 1 aromatic heterocycles. The molecule has 8 heteroatoms. The van der Waals surface area contributed by atoms with E-state index in [4.69, 9.17) is 0 Å². The van der Waals surface area contributed by atoms with Crippen molar-refractivity contribution in [2.24, 2.45) is 0 Å². The van der Waals surface area contributed by atoms with Gasteiger partial charge in [0, 0.05) is 6.07 Å². The minimum absolute atomic E-state index is 0.223. The third-order valence-corrected chi connectivity index (χ3v) is 2.79. The van der Waals surface area contributed by atoms with Crippen molar-refractivity contribution in [1.29, 1.82) is 0 Å². The molecule has 0 aliphatic heterocycles. The summed E-state index contributed by atoms with van der Waals surface area (Å²) in [6, 6.07) is 2.78. The molecular formula is C13H14F2N4O2. The molecule has 1 atom stereocenters. The molecule has 0 spiro atoms. The van der Waals surface area contributed by atoms with Gasteiger partial charge in [-0.05, 0) is 18.6 Å². The highest BCUT2D eigenvalue weighted by Crippen LogP contribution is 2.15. The number of benzene rings is 1. The fourth-order valence-electron chi connectivity index (χ4n) is 1.68. The van der Waals surface area contributed by atoms with Gasteiger partial charge in [0.2, 0.25) is 5.91 Å². The highest BCUT2D eigenvalue weighted by atomic mass is 19.1. The Bertz CT molecular complexity index is 645. The van der Waals surface area contributed by atoms with Crippen LogP contribution in [-0.4, -0.2) is 26.0 Å². The van der Waals surface area contributed by atoms with Gasteiger partial charge in [-0.15, -0.1) is 5.10 Å².